The third-order valence-corrected chi connectivity index (χ3v) is 8.46. The molecule has 176 valence electrons. The lowest BCUT2D eigenvalue weighted by molar-refractivity contribution is 0.325. The molecule has 34 heavy (non-hydrogen) atoms. The molecule has 0 amide bonds. The fourth-order valence-electron chi connectivity index (χ4n) is 4.98. The Bertz CT molecular complexity index is 1390. The number of rotatable bonds is 6. The zero-order chi connectivity index (χ0) is 23.8. The van der Waals surface area contributed by atoms with Gasteiger partial charge in [0.1, 0.15) is 15.7 Å². The minimum absolute atomic E-state index is 0.0203. The largest absolute Gasteiger partial charge is 0.246 e. The molecule has 0 aliphatic carbocycles. The van der Waals surface area contributed by atoms with Crippen molar-refractivity contribution < 1.29 is 8.42 Å². The molecule has 0 atom stereocenters. The second kappa shape index (κ2) is 8.99. The second-order valence-electron chi connectivity index (χ2n) is 10.2. The third kappa shape index (κ3) is 5.07. The molecular weight excluding hydrogens is 442 g/mol. The number of hydrogen-bond donors (Lipinski definition) is 0. The highest BCUT2D eigenvalue weighted by molar-refractivity contribution is 7.91. The van der Waals surface area contributed by atoms with Gasteiger partial charge in [-0.25, -0.2) is 18.1 Å². The van der Waals surface area contributed by atoms with Gasteiger partial charge in [-0.2, -0.15) is 5.10 Å². The van der Waals surface area contributed by atoms with Gasteiger partial charge < -0.3 is 0 Å². The van der Waals surface area contributed by atoms with Crippen molar-refractivity contribution in [1.82, 2.24) is 14.8 Å². The summed E-state index contributed by atoms with van der Waals surface area (Å²) in [5, 5.41) is 7.31. The summed E-state index contributed by atoms with van der Waals surface area (Å²) in [6, 6.07) is 25.2. The molecule has 0 radical (unpaired) electrons. The van der Waals surface area contributed by atoms with Crippen molar-refractivity contribution in [3.8, 4) is 11.4 Å². The van der Waals surface area contributed by atoms with E-state index in [0.29, 0.717) is 18.7 Å². The Morgan fingerprint density at radius 3 is 2.29 bits per heavy atom. The smallest absolute Gasteiger partial charge is 0.181 e. The molecule has 5 nitrogen and oxygen atoms in total. The molecule has 0 bridgehead atoms. The molecule has 1 fully saturated rings. The number of nitrogens with zero attached hydrogens (tertiary/aromatic N) is 3. The van der Waals surface area contributed by atoms with Crippen molar-refractivity contribution in [1.29, 1.82) is 0 Å². The lowest BCUT2D eigenvalue weighted by Crippen LogP contribution is -2.29. The van der Waals surface area contributed by atoms with Gasteiger partial charge in [-0.15, -0.1) is 0 Å². The Morgan fingerprint density at radius 2 is 1.56 bits per heavy atom. The van der Waals surface area contributed by atoms with Gasteiger partial charge in [0, 0.05) is 12.0 Å². The van der Waals surface area contributed by atoms with E-state index >= 15 is 0 Å². The number of hydrogen-bond acceptors (Lipinski definition) is 4. The fraction of sp³-hybridized carbons (Fsp3) is 0.357. The molecule has 1 saturated heterocycles. The number of benzene rings is 3. The highest BCUT2D eigenvalue weighted by Crippen LogP contribution is 2.32. The summed E-state index contributed by atoms with van der Waals surface area (Å²) < 4.78 is 26.1. The van der Waals surface area contributed by atoms with E-state index < -0.39 is 9.84 Å². The number of aromatic nitrogens is 3. The zero-order valence-corrected chi connectivity index (χ0v) is 20.6. The van der Waals surface area contributed by atoms with Gasteiger partial charge in [-0.3, -0.25) is 0 Å². The van der Waals surface area contributed by atoms with E-state index in [1.807, 2.05) is 22.9 Å². The number of fused-ring (bicyclic) bond motifs is 1. The van der Waals surface area contributed by atoms with Crippen molar-refractivity contribution in [2.75, 3.05) is 11.5 Å². The average molecular weight is 474 g/mol. The third-order valence-electron chi connectivity index (χ3n) is 6.74. The quantitative estimate of drug-likeness (QED) is 0.362. The molecule has 5 rings (SSSR count). The summed E-state index contributed by atoms with van der Waals surface area (Å²) in [6.07, 6.45) is 2.89. The maximum atomic E-state index is 12.1. The first-order valence-electron chi connectivity index (χ1n) is 12.0. The van der Waals surface area contributed by atoms with E-state index in [9.17, 15) is 8.42 Å². The molecule has 0 unspecified atom stereocenters. The Morgan fingerprint density at radius 1 is 0.882 bits per heavy atom. The lowest BCUT2D eigenvalue weighted by atomic mass is 9.82. The van der Waals surface area contributed by atoms with Crippen LogP contribution in [0.1, 0.15) is 44.1 Å². The SMILES string of the molecule is CC(C)(Cc1ccccc1)Cc1nc(-c2ccc3ccccc3c2)nn1C1CCS(=O)(=O)CC1. The highest BCUT2D eigenvalue weighted by atomic mass is 32.2. The molecule has 6 heteroatoms. The number of sulfone groups is 1. The molecule has 0 saturated carbocycles. The molecule has 1 aromatic heterocycles. The first-order chi connectivity index (χ1) is 16.3. The molecule has 1 aliphatic rings. The maximum absolute atomic E-state index is 12.1. The summed E-state index contributed by atoms with van der Waals surface area (Å²) in [5.41, 5.74) is 2.27. The van der Waals surface area contributed by atoms with Gasteiger partial charge in [-0.05, 0) is 47.1 Å². The second-order valence-corrected chi connectivity index (χ2v) is 12.5. The van der Waals surface area contributed by atoms with Crippen molar-refractivity contribution in [2.45, 2.75) is 45.6 Å². The van der Waals surface area contributed by atoms with Crippen LogP contribution >= 0.6 is 0 Å². The van der Waals surface area contributed by atoms with E-state index in [2.05, 4.69) is 68.4 Å². The zero-order valence-electron chi connectivity index (χ0n) is 19.8. The van der Waals surface area contributed by atoms with Crippen molar-refractivity contribution in [2.24, 2.45) is 5.41 Å². The van der Waals surface area contributed by atoms with Crippen LogP contribution in [-0.4, -0.2) is 34.7 Å². The van der Waals surface area contributed by atoms with Crippen molar-refractivity contribution >= 4 is 20.6 Å². The van der Waals surface area contributed by atoms with Crippen LogP contribution in [0.5, 0.6) is 0 Å². The molecule has 2 heterocycles. The van der Waals surface area contributed by atoms with Crippen LogP contribution in [0.2, 0.25) is 0 Å². The van der Waals surface area contributed by atoms with Gasteiger partial charge in [0.25, 0.3) is 0 Å². The van der Waals surface area contributed by atoms with E-state index in [-0.39, 0.29) is 23.0 Å². The van der Waals surface area contributed by atoms with Gasteiger partial charge in [-0.1, -0.05) is 80.6 Å². The van der Waals surface area contributed by atoms with E-state index in [4.69, 9.17) is 10.1 Å². The Balaban J connectivity index is 1.50. The van der Waals surface area contributed by atoms with E-state index in [1.165, 1.54) is 10.9 Å². The Kier molecular flexibility index (Phi) is 6.02. The molecule has 1 aliphatic heterocycles. The summed E-state index contributed by atoms with van der Waals surface area (Å²) in [4.78, 5) is 5.03. The van der Waals surface area contributed by atoms with Crippen LogP contribution in [0.25, 0.3) is 22.2 Å². The lowest BCUT2D eigenvalue weighted by Gasteiger charge is -2.27. The van der Waals surface area contributed by atoms with Crippen LogP contribution in [0.15, 0.2) is 72.8 Å². The molecular formula is C28H31N3O2S. The van der Waals surface area contributed by atoms with Crippen molar-refractivity contribution in [3.63, 3.8) is 0 Å². The maximum Gasteiger partial charge on any atom is 0.181 e. The Hall–Kier alpha value is -2.99. The fourth-order valence-corrected chi connectivity index (χ4v) is 6.45. The molecule has 0 spiro atoms. The van der Waals surface area contributed by atoms with Gasteiger partial charge >= 0.3 is 0 Å². The standard InChI is InChI=1S/C28H31N3O2S/c1-28(2,19-21-8-4-3-5-9-21)20-26-29-27(24-13-12-22-10-6-7-11-23(22)18-24)30-31(26)25-14-16-34(32,33)17-15-25/h3-13,18,25H,14-17,19-20H2,1-2H3. The minimum Gasteiger partial charge on any atom is -0.246 e. The predicted octanol–water partition coefficient (Wildman–Crippen LogP) is 5.66. The first-order valence-corrected chi connectivity index (χ1v) is 13.8. The average Bonchev–Trinajstić information content (AvgIpc) is 3.22. The van der Waals surface area contributed by atoms with Crippen LogP contribution in [0.4, 0.5) is 0 Å². The summed E-state index contributed by atoms with van der Waals surface area (Å²) in [6.45, 7) is 4.53. The van der Waals surface area contributed by atoms with Crippen molar-refractivity contribution in [3.05, 3.63) is 84.2 Å². The van der Waals surface area contributed by atoms with E-state index in [0.717, 1.165) is 29.6 Å². The summed E-state index contributed by atoms with van der Waals surface area (Å²) >= 11 is 0. The molecule has 0 N–H and O–H groups in total. The van der Waals surface area contributed by atoms with Gasteiger partial charge in [0.2, 0.25) is 0 Å². The van der Waals surface area contributed by atoms with Crippen LogP contribution in [-0.2, 0) is 22.7 Å². The van der Waals surface area contributed by atoms with Crippen LogP contribution < -0.4 is 0 Å². The topological polar surface area (TPSA) is 64.8 Å². The summed E-state index contributed by atoms with van der Waals surface area (Å²) in [5.74, 6) is 2.09. The van der Waals surface area contributed by atoms with Crippen LogP contribution in [0, 0.1) is 5.41 Å². The van der Waals surface area contributed by atoms with Gasteiger partial charge in [0.15, 0.2) is 5.82 Å². The highest BCUT2D eigenvalue weighted by Gasteiger charge is 2.30. The predicted molar refractivity (Wildman–Crippen MR) is 138 cm³/mol. The molecule has 3 aromatic carbocycles. The van der Waals surface area contributed by atoms with Crippen LogP contribution in [0.3, 0.4) is 0 Å². The first kappa shape index (κ1) is 22.8. The Labute approximate surface area is 201 Å². The normalized spacial score (nSPS) is 16.6. The van der Waals surface area contributed by atoms with E-state index in [1.54, 1.807) is 0 Å². The molecule has 4 aromatic rings. The van der Waals surface area contributed by atoms with Gasteiger partial charge in [0.05, 0.1) is 17.5 Å². The minimum atomic E-state index is -2.94. The summed E-state index contributed by atoms with van der Waals surface area (Å²) in [7, 11) is -2.94. The monoisotopic (exact) mass is 473 g/mol.